The molecule has 0 saturated carbocycles. The number of rotatable bonds is 5. The Morgan fingerprint density at radius 1 is 1.39 bits per heavy atom. The number of benzene rings is 1. The molecule has 23 heavy (non-hydrogen) atoms. The van der Waals surface area contributed by atoms with Crippen LogP contribution in [0.1, 0.15) is 13.8 Å². The Kier molecular flexibility index (Phi) is 4.33. The Hall–Kier alpha value is -2.35. The number of hydrogen-bond donors (Lipinski definition) is 2. The molecule has 0 unspecified atom stereocenters. The first-order valence-electron chi connectivity index (χ1n) is 7.19. The minimum Gasteiger partial charge on any atom is -0.497 e. The second-order valence-corrected chi connectivity index (χ2v) is 6.28. The highest BCUT2D eigenvalue weighted by atomic mass is 32.2. The Morgan fingerprint density at radius 3 is 2.96 bits per heavy atom. The van der Waals surface area contributed by atoms with E-state index in [2.05, 4.69) is 25.5 Å². The highest BCUT2D eigenvalue weighted by Crippen LogP contribution is 2.26. The summed E-state index contributed by atoms with van der Waals surface area (Å²) in [5.74, 6) is 0.971. The summed E-state index contributed by atoms with van der Waals surface area (Å²) in [6.45, 7) is 3.84. The highest BCUT2D eigenvalue weighted by molar-refractivity contribution is 7.99. The highest BCUT2D eigenvalue weighted by Gasteiger charge is 2.12. The third-order valence-electron chi connectivity index (χ3n) is 3.18. The first-order valence-corrected chi connectivity index (χ1v) is 8.17. The van der Waals surface area contributed by atoms with Crippen molar-refractivity contribution in [1.82, 2.24) is 25.5 Å². The van der Waals surface area contributed by atoms with Crippen LogP contribution >= 0.6 is 11.8 Å². The fourth-order valence-electron chi connectivity index (χ4n) is 2.22. The minimum atomic E-state index is -0.0462. The van der Waals surface area contributed by atoms with Crippen LogP contribution in [0.25, 0.3) is 22.1 Å². The summed E-state index contributed by atoms with van der Waals surface area (Å²) >= 11 is 1.26. The maximum absolute atomic E-state index is 11.7. The third-order valence-corrected chi connectivity index (χ3v) is 4.02. The molecular weight excluding hydrogens is 314 g/mol. The molecule has 120 valence electrons. The summed E-state index contributed by atoms with van der Waals surface area (Å²) in [7, 11) is 1.62. The summed E-state index contributed by atoms with van der Waals surface area (Å²) in [5.41, 5.74) is 2.26. The van der Waals surface area contributed by atoms with Gasteiger partial charge in [-0.2, -0.15) is 0 Å². The summed E-state index contributed by atoms with van der Waals surface area (Å²) < 4.78 is 5.23. The van der Waals surface area contributed by atoms with E-state index in [-0.39, 0.29) is 17.7 Å². The largest absolute Gasteiger partial charge is 0.497 e. The number of H-pyrrole nitrogens is 1. The van der Waals surface area contributed by atoms with Crippen molar-refractivity contribution in [2.45, 2.75) is 25.0 Å². The molecule has 3 rings (SSSR count). The minimum absolute atomic E-state index is 0.0462. The molecule has 2 heterocycles. The fourth-order valence-corrected chi connectivity index (χ4v) is 2.82. The molecule has 0 atom stereocenters. The van der Waals surface area contributed by atoms with E-state index in [4.69, 9.17) is 4.74 Å². The van der Waals surface area contributed by atoms with Gasteiger partial charge in [0.1, 0.15) is 11.3 Å². The molecule has 2 N–H and O–H groups in total. The van der Waals surface area contributed by atoms with E-state index < -0.39 is 0 Å². The van der Waals surface area contributed by atoms with Crippen molar-refractivity contribution in [2.75, 3.05) is 12.9 Å². The summed E-state index contributed by atoms with van der Waals surface area (Å²) in [6, 6.07) is 5.80. The van der Waals surface area contributed by atoms with E-state index in [1.54, 1.807) is 7.11 Å². The van der Waals surface area contributed by atoms with Crippen LogP contribution in [0.2, 0.25) is 0 Å². The van der Waals surface area contributed by atoms with E-state index in [1.807, 2.05) is 32.0 Å². The molecule has 0 aliphatic rings. The van der Waals surface area contributed by atoms with Gasteiger partial charge in [-0.05, 0) is 32.0 Å². The lowest BCUT2D eigenvalue weighted by Crippen LogP contribution is -2.31. The molecule has 0 spiro atoms. The Labute approximate surface area is 137 Å². The molecule has 0 aliphatic carbocycles. The lowest BCUT2D eigenvalue weighted by Gasteiger charge is -2.06. The Balaban J connectivity index is 1.84. The van der Waals surface area contributed by atoms with Gasteiger partial charge in [-0.25, -0.2) is 4.98 Å². The molecule has 8 heteroatoms. The van der Waals surface area contributed by atoms with Gasteiger partial charge in [0, 0.05) is 16.9 Å². The zero-order valence-corrected chi connectivity index (χ0v) is 13.9. The summed E-state index contributed by atoms with van der Waals surface area (Å²) in [4.78, 5) is 19.3. The van der Waals surface area contributed by atoms with E-state index in [0.29, 0.717) is 16.3 Å². The van der Waals surface area contributed by atoms with Crippen LogP contribution in [-0.4, -0.2) is 45.0 Å². The average Bonchev–Trinajstić information content (AvgIpc) is 2.89. The molecule has 0 saturated heterocycles. The number of aromatic amines is 1. The normalized spacial score (nSPS) is 11.3. The van der Waals surface area contributed by atoms with Crippen LogP contribution in [0.5, 0.6) is 5.75 Å². The number of carbonyl (C=O) groups is 1. The second kappa shape index (κ2) is 6.41. The molecule has 1 amide bonds. The molecule has 7 nitrogen and oxygen atoms in total. The molecule has 0 fully saturated rings. The number of nitrogens with one attached hydrogen (secondary N) is 2. The molecule has 2 aromatic heterocycles. The maximum atomic E-state index is 11.7. The molecule has 3 aromatic rings. The standard InChI is InChI=1S/C15H17N5O2S/c1-8(2)16-12(21)7-23-15-18-14-13(19-20-15)10-6-9(22-3)4-5-11(10)17-14/h4-6,8H,7H2,1-3H3,(H,16,21)(H,17,18,20). The van der Waals surface area contributed by atoms with Crippen molar-refractivity contribution in [3.8, 4) is 5.75 Å². The molecule has 0 radical (unpaired) electrons. The lowest BCUT2D eigenvalue weighted by molar-refractivity contribution is -0.119. The van der Waals surface area contributed by atoms with Crippen LogP contribution in [0, 0.1) is 0 Å². The van der Waals surface area contributed by atoms with Crippen LogP contribution in [-0.2, 0) is 4.79 Å². The number of nitrogens with zero attached hydrogens (tertiary/aromatic N) is 3. The number of hydrogen-bond acceptors (Lipinski definition) is 6. The Morgan fingerprint density at radius 2 is 2.22 bits per heavy atom. The van der Waals surface area contributed by atoms with Gasteiger partial charge in [-0.1, -0.05) is 11.8 Å². The zero-order valence-electron chi connectivity index (χ0n) is 13.1. The fraction of sp³-hybridized carbons (Fsp3) is 0.333. The predicted molar refractivity (Wildman–Crippen MR) is 89.7 cm³/mol. The van der Waals surface area contributed by atoms with Gasteiger partial charge >= 0.3 is 0 Å². The van der Waals surface area contributed by atoms with Crippen molar-refractivity contribution in [1.29, 1.82) is 0 Å². The number of methoxy groups -OCH3 is 1. The maximum Gasteiger partial charge on any atom is 0.230 e. The number of amides is 1. The topological polar surface area (TPSA) is 92.8 Å². The first-order chi connectivity index (χ1) is 11.1. The second-order valence-electron chi connectivity index (χ2n) is 5.34. The number of thioether (sulfide) groups is 1. The summed E-state index contributed by atoms with van der Waals surface area (Å²) in [6.07, 6.45) is 0. The average molecular weight is 331 g/mol. The predicted octanol–water partition coefficient (Wildman–Crippen LogP) is 2.13. The van der Waals surface area contributed by atoms with Gasteiger partial charge < -0.3 is 15.0 Å². The first kappa shape index (κ1) is 15.5. The van der Waals surface area contributed by atoms with Crippen LogP contribution in [0.3, 0.4) is 0 Å². The molecular formula is C15H17N5O2S. The van der Waals surface area contributed by atoms with Crippen molar-refractivity contribution >= 4 is 39.7 Å². The van der Waals surface area contributed by atoms with Gasteiger partial charge in [0.2, 0.25) is 11.1 Å². The SMILES string of the molecule is COc1ccc2[nH]c3nc(SCC(=O)NC(C)C)nnc3c2c1. The van der Waals surface area contributed by atoms with Gasteiger partial charge in [0.25, 0.3) is 0 Å². The number of aromatic nitrogens is 4. The van der Waals surface area contributed by atoms with Crippen LogP contribution in [0.15, 0.2) is 23.4 Å². The molecule has 0 bridgehead atoms. The van der Waals surface area contributed by atoms with Gasteiger partial charge in [0.05, 0.1) is 12.9 Å². The van der Waals surface area contributed by atoms with E-state index >= 15 is 0 Å². The van der Waals surface area contributed by atoms with Gasteiger partial charge in [0.15, 0.2) is 5.65 Å². The lowest BCUT2D eigenvalue weighted by atomic mass is 10.2. The zero-order chi connectivity index (χ0) is 16.4. The van der Waals surface area contributed by atoms with Gasteiger partial charge in [-0.3, -0.25) is 4.79 Å². The van der Waals surface area contributed by atoms with E-state index in [1.165, 1.54) is 11.8 Å². The van der Waals surface area contributed by atoms with Crippen molar-refractivity contribution in [3.63, 3.8) is 0 Å². The van der Waals surface area contributed by atoms with Crippen molar-refractivity contribution in [3.05, 3.63) is 18.2 Å². The number of fused-ring (bicyclic) bond motifs is 3. The smallest absolute Gasteiger partial charge is 0.230 e. The third kappa shape index (κ3) is 3.37. The summed E-state index contributed by atoms with van der Waals surface area (Å²) in [5, 5.41) is 12.5. The molecule has 0 aliphatic heterocycles. The van der Waals surface area contributed by atoms with E-state index in [9.17, 15) is 4.79 Å². The number of carbonyl (C=O) groups excluding carboxylic acids is 1. The number of ether oxygens (including phenoxy) is 1. The van der Waals surface area contributed by atoms with E-state index in [0.717, 1.165) is 16.7 Å². The monoisotopic (exact) mass is 331 g/mol. The quantitative estimate of drug-likeness (QED) is 0.696. The van der Waals surface area contributed by atoms with Crippen LogP contribution < -0.4 is 10.1 Å². The molecule has 1 aromatic carbocycles. The van der Waals surface area contributed by atoms with Gasteiger partial charge in [-0.15, -0.1) is 10.2 Å². The van der Waals surface area contributed by atoms with Crippen molar-refractivity contribution < 1.29 is 9.53 Å². The Bertz CT molecular complexity index is 862. The van der Waals surface area contributed by atoms with Crippen LogP contribution in [0.4, 0.5) is 0 Å². The van der Waals surface area contributed by atoms with Crippen molar-refractivity contribution in [2.24, 2.45) is 0 Å².